The number of allylic oxidation sites excluding steroid dienone is 1. The predicted octanol–water partition coefficient (Wildman–Crippen LogP) is 4.74. The molecule has 0 bridgehead atoms. The molecule has 8 heteroatoms. The number of aromatic nitrogens is 3. The fraction of sp³-hybridized carbons (Fsp3) is 0.250. The van der Waals surface area contributed by atoms with Crippen molar-refractivity contribution in [2.75, 3.05) is 17.7 Å². The Kier molecular flexibility index (Phi) is 8.21. The van der Waals surface area contributed by atoms with Crippen LogP contribution in [-0.2, 0) is 16.1 Å². The van der Waals surface area contributed by atoms with Gasteiger partial charge in [-0.25, -0.2) is 4.79 Å². The zero-order valence-electron chi connectivity index (χ0n) is 18.2. The molecule has 166 valence electrons. The Morgan fingerprint density at radius 2 is 2.00 bits per heavy atom. The summed E-state index contributed by atoms with van der Waals surface area (Å²) < 4.78 is 7.08. The maximum absolute atomic E-state index is 12.5. The number of thioether (sulfide) groups is 1. The fourth-order valence-electron chi connectivity index (χ4n) is 3.02. The van der Waals surface area contributed by atoms with Gasteiger partial charge in [-0.15, -0.1) is 16.8 Å². The molecule has 32 heavy (non-hydrogen) atoms. The van der Waals surface area contributed by atoms with Gasteiger partial charge in [-0.05, 0) is 37.6 Å². The van der Waals surface area contributed by atoms with Gasteiger partial charge < -0.3 is 10.1 Å². The molecule has 3 aromatic rings. The first kappa shape index (κ1) is 23.3. The third-order valence-corrected chi connectivity index (χ3v) is 5.42. The number of ether oxygens (including phenoxy) is 1. The highest BCUT2D eigenvalue weighted by atomic mass is 32.2. The van der Waals surface area contributed by atoms with Crippen LogP contribution < -0.4 is 5.32 Å². The Labute approximate surface area is 191 Å². The van der Waals surface area contributed by atoms with E-state index in [1.54, 1.807) is 30.3 Å². The van der Waals surface area contributed by atoms with Crippen molar-refractivity contribution in [1.29, 1.82) is 0 Å². The summed E-state index contributed by atoms with van der Waals surface area (Å²) in [4.78, 5) is 24.5. The van der Waals surface area contributed by atoms with Crippen LogP contribution in [0.1, 0.15) is 29.3 Å². The number of carbonyl (C=O) groups is 2. The Balaban J connectivity index is 1.66. The number of hydrogen-bond acceptors (Lipinski definition) is 6. The van der Waals surface area contributed by atoms with Crippen LogP contribution in [0.4, 0.5) is 5.69 Å². The number of carbonyl (C=O) groups excluding carboxylic acids is 2. The van der Waals surface area contributed by atoms with E-state index in [1.165, 1.54) is 11.8 Å². The van der Waals surface area contributed by atoms with Gasteiger partial charge in [0.25, 0.3) is 0 Å². The number of hydrogen-bond donors (Lipinski definition) is 1. The molecule has 0 aliphatic rings. The molecule has 0 atom stereocenters. The summed E-state index contributed by atoms with van der Waals surface area (Å²) in [6.45, 7) is 8.67. The molecule has 3 rings (SSSR count). The monoisotopic (exact) mass is 450 g/mol. The van der Waals surface area contributed by atoms with Crippen molar-refractivity contribution in [3.8, 4) is 11.4 Å². The van der Waals surface area contributed by atoms with Crippen LogP contribution in [0.5, 0.6) is 0 Å². The summed E-state index contributed by atoms with van der Waals surface area (Å²) in [5.74, 6) is 0.265. The summed E-state index contributed by atoms with van der Waals surface area (Å²) in [5.41, 5.74) is 3.03. The molecule has 0 radical (unpaired) electrons. The van der Waals surface area contributed by atoms with Crippen LogP contribution in [0.3, 0.4) is 0 Å². The lowest BCUT2D eigenvalue weighted by Gasteiger charge is -2.09. The fourth-order valence-corrected chi connectivity index (χ4v) is 3.76. The third-order valence-electron chi connectivity index (χ3n) is 4.46. The molecule has 1 aromatic heterocycles. The standard InChI is InChI=1S/C24H26N4O3S/c1-4-12-28-22(18-9-6-8-17(3)14-18)26-27-24(28)32-16-21(29)25-20-11-7-10-19(15-20)23(30)31-13-5-2/h4,6-11,14-15H,1,5,12-13,16H2,2-3H3,(H,25,29). The van der Waals surface area contributed by atoms with E-state index in [9.17, 15) is 9.59 Å². The number of esters is 1. The van der Waals surface area contributed by atoms with Gasteiger partial charge in [0.15, 0.2) is 11.0 Å². The van der Waals surface area contributed by atoms with E-state index in [0.29, 0.717) is 29.6 Å². The SMILES string of the molecule is C=CCn1c(SCC(=O)Nc2cccc(C(=O)OCCC)c2)nnc1-c1cccc(C)c1. The largest absolute Gasteiger partial charge is 0.462 e. The van der Waals surface area contributed by atoms with Crippen LogP contribution >= 0.6 is 11.8 Å². The van der Waals surface area contributed by atoms with Crippen LogP contribution in [0, 0.1) is 6.92 Å². The Morgan fingerprint density at radius 3 is 2.75 bits per heavy atom. The first-order valence-corrected chi connectivity index (χ1v) is 11.3. The number of amides is 1. The Hall–Kier alpha value is -3.39. The maximum Gasteiger partial charge on any atom is 0.338 e. The van der Waals surface area contributed by atoms with E-state index in [2.05, 4.69) is 22.1 Å². The quantitative estimate of drug-likeness (QED) is 0.273. The van der Waals surface area contributed by atoms with E-state index < -0.39 is 5.97 Å². The molecule has 0 fully saturated rings. The summed E-state index contributed by atoms with van der Waals surface area (Å²) in [7, 11) is 0. The molecule has 0 aliphatic carbocycles. The first-order valence-electron chi connectivity index (χ1n) is 10.3. The lowest BCUT2D eigenvalue weighted by atomic mass is 10.1. The number of benzene rings is 2. The van der Waals surface area contributed by atoms with E-state index >= 15 is 0 Å². The molecule has 0 unspecified atom stereocenters. The maximum atomic E-state index is 12.5. The van der Waals surface area contributed by atoms with Gasteiger partial charge in [-0.3, -0.25) is 9.36 Å². The van der Waals surface area contributed by atoms with E-state index in [4.69, 9.17) is 4.74 Å². The molecule has 0 saturated carbocycles. The van der Waals surface area contributed by atoms with Gasteiger partial charge in [-0.1, -0.05) is 54.6 Å². The minimum absolute atomic E-state index is 0.146. The molecule has 0 spiro atoms. The van der Waals surface area contributed by atoms with Crippen LogP contribution in [0.15, 0.2) is 66.3 Å². The number of rotatable bonds is 10. The van der Waals surface area contributed by atoms with Gasteiger partial charge >= 0.3 is 5.97 Å². The van der Waals surface area contributed by atoms with Gasteiger partial charge in [0.05, 0.1) is 17.9 Å². The summed E-state index contributed by atoms with van der Waals surface area (Å²) in [6.07, 6.45) is 2.53. The summed E-state index contributed by atoms with van der Waals surface area (Å²) in [6, 6.07) is 14.7. The Morgan fingerprint density at radius 1 is 1.19 bits per heavy atom. The highest BCUT2D eigenvalue weighted by Crippen LogP contribution is 2.25. The van der Waals surface area contributed by atoms with Crippen molar-refractivity contribution >= 4 is 29.3 Å². The minimum Gasteiger partial charge on any atom is -0.462 e. The summed E-state index contributed by atoms with van der Waals surface area (Å²) in [5, 5.41) is 12.0. The molecular weight excluding hydrogens is 424 g/mol. The molecule has 1 amide bonds. The molecule has 1 heterocycles. The van der Waals surface area contributed by atoms with Gasteiger partial charge in [-0.2, -0.15) is 0 Å². The van der Waals surface area contributed by atoms with Crippen molar-refractivity contribution in [3.63, 3.8) is 0 Å². The second kappa shape index (κ2) is 11.3. The van der Waals surface area contributed by atoms with Crippen molar-refractivity contribution in [3.05, 3.63) is 72.3 Å². The van der Waals surface area contributed by atoms with Crippen molar-refractivity contribution < 1.29 is 14.3 Å². The van der Waals surface area contributed by atoms with Crippen LogP contribution in [-0.4, -0.2) is 39.0 Å². The summed E-state index contributed by atoms with van der Waals surface area (Å²) >= 11 is 1.29. The second-order valence-electron chi connectivity index (χ2n) is 7.13. The lowest BCUT2D eigenvalue weighted by molar-refractivity contribution is -0.113. The molecule has 0 saturated heterocycles. The van der Waals surface area contributed by atoms with E-state index in [1.807, 2.05) is 42.7 Å². The molecule has 2 aromatic carbocycles. The Bertz CT molecular complexity index is 1110. The van der Waals surface area contributed by atoms with Crippen molar-refractivity contribution in [2.45, 2.75) is 32.0 Å². The van der Waals surface area contributed by atoms with Crippen molar-refractivity contribution in [2.24, 2.45) is 0 Å². The minimum atomic E-state index is -0.404. The number of anilines is 1. The molecular formula is C24H26N4O3S. The lowest BCUT2D eigenvalue weighted by Crippen LogP contribution is -2.15. The normalized spacial score (nSPS) is 10.6. The smallest absolute Gasteiger partial charge is 0.338 e. The van der Waals surface area contributed by atoms with Crippen LogP contribution in [0.25, 0.3) is 11.4 Å². The average molecular weight is 451 g/mol. The number of nitrogens with one attached hydrogen (secondary N) is 1. The molecule has 7 nitrogen and oxygen atoms in total. The third kappa shape index (κ3) is 6.07. The van der Waals surface area contributed by atoms with Gasteiger partial charge in [0.1, 0.15) is 0 Å². The van der Waals surface area contributed by atoms with E-state index in [0.717, 1.165) is 23.4 Å². The number of aryl methyl sites for hydroxylation is 1. The van der Waals surface area contributed by atoms with Crippen LogP contribution in [0.2, 0.25) is 0 Å². The highest BCUT2D eigenvalue weighted by molar-refractivity contribution is 7.99. The van der Waals surface area contributed by atoms with Gasteiger partial charge in [0, 0.05) is 17.8 Å². The zero-order chi connectivity index (χ0) is 22.9. The highest BCUT2D eigenvalue weighted by Gasteiger charge is 2.15. The first-order chi connectivity index (χ1) is 15.5. The molecule has 0 aliphatic heterocycles. The second-order valence-corrected chi connectivity index (χ2v) is 8.07. The van der Waals surface area contributed by atoms with Crippen molar-refractivity contribution in [1.82, 2.24) is 14.8 Å². The predicted molar refractivity (Wildman–Crippen MR) is 127 cm³/mol. The molecule has 1 N–H and O–H groups in total. The number of nitrogens with zero attached hydrogens (tertiary/aromatic N) is 3. The average Bonchev–Trinajstić information content (AvgIpc) is 3.19. The van der Waals surface area contributed by atoms with Gasteiger partial charge in [0.2, 0.25) is 5.91 Å². The van der Waals surface area contributed by atoms with E-state index in [-0.39, 0.29) is 11.7 Å². The topological polar surface area (TPSA) is 86.1 Å². The zero-order valence-corrected chi connectivity index (χ0v) is 19.0.